The number of hydrogen-bond acceptors (Lipinski definition) is 3. The average Bonchev–Trinajstić information content (AvgIpc) is 2.54. The molecule has 0 aromatic heterocycles. The molecule has 0 spiro atoms. The molecule has 1 amide bonds. The second-order valence-corrected chi connectivity index (χ2v) is 8.17. The van der Waals surface area contributed by atoms with Crippen molar-refractivity contribution in [3.63, 3.8) is 0 Å². The second-order valence-electron chi connectivity index (χ2n) is 5.99. The third-order valence-electron chi connectivity index (χ3n) is 3.92. The Morgan fingerprint density at radius 2 is 1.71 bits per heavy atom. The number of carbonyl (C=O) groups is 1. The Balaban J connectivity index is 1.79. The van der Waals surface area contributed by atoms with Crippen molar-refractivity contribution in [2.45, 2.75) is 26.0 Å². The normalized spacial score (nSPS) is 11.2. The Labute approximate surface area is 143 Å². The van der Waals surface area contributed by atoms with Crippen LogP contribution < -0.4 is 5.32 Å². The lowest BCUT2D eigenvalue weighted by Gasteiger charge is -2.08. The highest BCUT2D eigenvalue weighted by atomic mass is 32.2. The Hall–Kier alpha value is -2.14. The van der Waals surface area contributed by atoms with Gasteiger partial charge in [-0.1, -0.05) is 36.4 Å². The highest BCUT2D eigenvalue weighted by Crippen LogP contribution is 2.10. The van der Waals surface area contributed by atoms with Crippen molar-refractivity contribution in [1.29, 1.82) is 0 Å². The molecule has 0 fully saturated rings. The van der Waals surface area contributed by atoms with E-state index < -0.39 is 9.84 Å². The van der Waals surface area contributed by atoms with E-state index in [0.717, 1.165) is 16.7 Å². The summed E-state index contributed by atoms with van der Waals surface area (Å²) in [7, 11) is -3.16. The Bertz CT molecular complexity index is 799. The highest BCUT2D eigenvalue weighted by molar-refractivity contribution is 7.90. The number of sulfone groups is 1. The van der Waals surface area contributed by atoms with E-state index in [1.165, 1.54) is 0 Å². The van der Waals surface area contributed by atoms with E-state index in [-0.39, 0.29) is 17.4 Å². The first-order chi connectivity index (χ1) is 11.4. The van der Waals surface area contributed by atoms with Crippen LogP contribution in [-0.4, -0.2) is 26.6 Å². The summed E-state index contributed by atoms with van der Waals surface area (Å²) in [5.41, 5.74) is 3.59. The molecule has 0 atom stereocenters. The Kier molecular flexibility index (Phi) is 6.15. The van der Waals surface area contributed by atoms with Gasteiger partial charge >= 0.3 is 0 Å². The van der Waals surface area contributed by atoms with Gasteiger partial charge in [0.25, 0.3) is 5.91 Å². The summed E-state index contributed by atoms with van der Waals surface area (Å²) >= 11 is 0. The zero-order valence-corrected chi connectivity index (χ0v) is 14.9. The van der Waals surface area contributed by atoms with Crippen LogP contribution in [0.4, 0.5) is 0 Å². The van der Waals surface area contributed by atoms with Gasteiger partial charge in [-0.05, 0) is 49.1 Å². The first kappa shape index (κ1) is 18.2. The molecule has 0 saturated heterocycles. The quantitative estimate of drug-likeness (QED) is 0.785. The largest absolute Gasteiger partial charge is 0.352 e. The zero-order chi connectivity index (χ0) is 17.6. The fraction of sp³-hybridized carbons (Fsp3) is 0.316. The molecular weight excluding hydrogens is 322 g/mol. The van der Waals surface area contributed by atoms with Crippen molar-refractivity contribution in [3.05, 3.63) is 70.8 Å². The minimum atomic E-state index is -3.16. The van der Waals surface area contributed by atoms with E-state index in [4.69, 9.17) is 0 Å². The maximum Gasteiger partial charge on any atom is 0.251 e. The zero-order valence-electron chi connectivity index (χ0n) is 14.1. The monoisotopic (exact) mass is 345 g/mol. The molecule has 4 nitrogen and oxygen atoms in total. The maximum atomic E-state index is 12.1. The van der Waals surface area contributed by atoms with Crippen LogP contribution in [0.5, 0.6) is 0 Å². The van der Waals surface area contributed by atoms with Gasteiger partial charge in [0.2, 0.25) is 0 Å². The van der Waals surface area contributed by atoms with Crippen LogP contribution in [0.25, 0.3) is 0 Å². The molecule has 0 aliphatic heterocycles. The minimum Gasteiger partial charge on any atom is -0.352 e. The van der Waals surface area contributed by atoms with Crippen molar-refractivity contribution in [3.8, 4) is 0 Å². The topological polar surface area (TPSA) is 63.2 Å². The molecule has 1 N–H and O–H groups in total. The number of aryl methyl sites for hydroxylation is 2. The van der Waals surface area contributed by atoms with Gasteiger partial charge in [0, 0.05) is 12.1 Å². The first-order valence-electron chi connectivity index (χ1n) is 7.97. The second kappa shape index (κ2) is 8.11. The molecule has 2 aromatic rings. The Morgan fingerprint density at radius 1 is 1.00 bits per heavy atom. The molecule has 0 heterocycles. The smallest absolute Gasteiger partial charge is 0.251 e. The maximum absolute atomic E-state index is 12.1. The number of rotatable bonds is 7. The number of carbonyl (C=O) groups excluding carboxylic acids is 1. The molecule has 5 heteroatoms. The third kappa shape index (κ3) is 5.49. The third-order valence-corrected chi connectivity index (χ3v) is 5.60. The average molecular weight is 345 g/mol. The summed E-state index contributed by atoms with van der Waals surface area (Å²) in [6, 6.07) is 14.7. The lowest BCUT2D eigenvalue weighted by molar-refractivity contribution is 0.0953. The van der Waals surface area contributed by atoms with E-state index in [2.05, 4.69) is 5.32 Å². The summed E-state index contributed by atoms with van der Waals surface area (Å²) in [4.78, 5) is 12.1. The molecule has 0 saturated carbocycles. The molecule has 0 unspecified atom stereocenters. The van der Waals surface area contributed by atoms with Crippen LogP contribution in [0.3, 0.4) is 0 Å². The predicted molar refractivity (Wildman–Crippen MR) is 96.8 cm³/mol. The molecule has 0 bridgehead atoms. The predicted octanol–water partition coefficient (Wildman–Crippen LogP) is 3.04. The van der Waals surface area contributed by atoms with Crippen molar-refractivity contribution >= 4 is 15.7 Å². The number of amides is 1. The van der Waals surface area contributed by atoms with E-state index in [1.807, 2.05) is 44.2 Å². The van der Waals surface area contributed by atoms with E-state index in [9.17, 15) is 13.2 Å². The van der Waals surface area contributed by atoms with Crippen molar-refractivity contribution in [2.24, 2.45) is 0 Å². The van der Waals surface area contributed by atoms with Gasteiger partial charge in [0.1, 0.15) is 0 Å². The van der Waals surface area contributed by atoms with Gasteiger partial charge in [-0.2, -0.15) is 0 Å². The molecule has 0 aliphatic carbocycles. The lowest BCUT2D eigenvalue weighted by atomic mass is 10.1. The minimum absolute atomic E-state index is 0.0406. The van der Waals surface area contributed by atoms with E-state index >= 15 is 0 Å². The first-order valence-corrected chi connectivity index (χ1v) is 9.79. The molecule has 2 rings (SSSR count). The number of benzene rings is 2. The van der Waals surface area contributed by atoms with Crippen LogP contribution in [0, 0.1) is 13.8 Å². The van der Waals surface area contributed by atoms with Crippen LogP contribution in [-0.2, 0) is 15.6 Å². The summed E-state index contributed by atoms with van der Waals surface area (Å²) in [5, 5.41) is 2.78. The summed E-state index contributed by atoms with van der Waals surface area (Å²) in [6.45, 7) is 4.30. The summed E-state index contributed by atoms with van der Waals surface area (Å²) < 4.78 is 24.2. The van der Waals surface area contributed by atoms with Gasteiger partial charge in [-0.3, -0.25) is 4.79 Å². The van der Waals surface area contributed by atoms with Crippen LogP contribution in [0.15, 0.2) is 48.5 Å². The fourth-order valence-corrected chi connectivity index (χ4v) is 3.81. The number of nitrogens with one attached hydrogen (secondary N) is 1. The molecule has 24 heavy (non-hydrogen) atoms. The van der Waals surface area contributed by atoms with Gasteiger partial charge < -0.3 is 5.32 Å². The fourth-order valence-electron chi connectivity index (χ4n) is 2.38. The van der Waals surface area contributed by atoms with Gasteiger partial charge in [-0.15, -0.1) is 0 Å². The van der Waals surface area contributed by atoms with Gasteiger partial charge in [0.05, 0.1) is 11.5 Å². The standard InChI is InChI=1S/C19H23NO3S/c1-15-9-10-18(13-16(15)2)19(21)20-11-6-12-24(22,23)14-17-7-4-3-5-8-17/h3-5,7-10,13H,6,11-12,14H2,1-2H3,(H,20,21). The summed E-state index contributed by atoms with van der Waals surface area (Å²) in [6.07, 6.45) is 0.408. The molecule has 0 aliphatic rings. The molecule has 2 aromatic carbocycles. The van der Waals surface area contributed by atoms with Crippen LogP contribution >= 0.6 is 0 Å². The SMILES string of the molecule is Cc1ccc(C(=O)NCCCS(=O)(=O)Cc2ccccc2)cc1C. The van der Waals surface area contributed by atoms with Gasteiger partial charge in [-0.25, -0.2) is 8.42 Å². The molecule has 0 radical (unpaired) electrons. The number of hydrogen-bond donors (Lipinski definition) is 1. The van der Waals surface area contributed by atoms with Gasteiger partial charge in [0.15, 0.2) is 9.84 Å². The van der Waals surface area contributed by atoms with Crippen molar-refractivity contribution in [2.75, 3.05) is 12.3 Å². The highest BCUT2D eigenvalue weighted by Gasteiger charge is 2.12. The Morgan fingerprint density at radius 3 is 2.38 bits per heavy atom. The van der Waals surface area contributed by atoms with E-state index in [1.54, 1.807) is 18.2 Å². The summed E-state index contributed by atoms with van der Waals surface area (Å²) in [5.74, 6) is -0.0628. The van der Waals surface area contributed by atoms with Crippen LogP contribution in [0.2, 0.25) is 0 Å². The van der Waals surface area contributed by atoms with Crippen LogP contribution in [0.1, 0.15) is 33.5 Å². The van der Waals surface area contributed by atoms with Crippen molar-refractivity contribution in [1.82, 2.24) is 5.32 Å². The molecular formula is C19H23NO3S. The molecule has 128 valence electrons. The van der Waals surface area contributed by atoms with Crippen molar-refractivity contribution < 1.29 is 13.2 Å². The lowest BCUT2D eigenvalue weighted by Crippen LogP contribution is -2.26. The van der Waals surface area contributed by atoms with E-state index in [0.29, 0.717) is 18.5 Å².